The molecule has 0 fully saturated rings. The molecule has 20 heavy (non-hydrogen) atoms. The Balaban J connectivity index is 1.86. The molecule has 0 spiro atoms. The van der Waals surface area contributed by atoms with E-state index in [-0.39, 0.29) is 18.1 Å². The van der Waals surface area contributed by atoms with E-state index in [9.17, 15) is 14.9 Å². The molecule has 1 heterocycles. The number of nitro groups is 1. The molecule has 0 aliphatic carbocycles. The number of benzene rings is 1. The number of nitrogens with zero attached hydrogens (tertiary/aromatic N) is 5. The molecule has 2 aromatic rings. The van der Waals surface area contributed by atoms with E-state index >= 15 is 0 Å². The lowest BCUT2D eigenvalue weighted by Crippen LogP contribution is -2.23. The summed E-state index contributed by atoms with van der Waals surface area (Å²) in [7, 11) is 0. The minimum absolute atomic E-state index is 0.00244. The molecular weight excluding hydrogens is 264 g/mol. The van der Waals surface area contributed by atoms with Gasteiger partial charge in [0.1, 0.15) is 19.2 Å². The van der Waals surface area contributed by atoms with Crippen molar-refractivity contribution < 1.29 is 9.72 Å². The fourth-order valence-corrected chi connectivity index (χ4v) is 1.36. The van der Waals surface area contributed by atoms with Gasteiger partial charge in [0.15, 0.2) is 0 Å². The number of aromatic nitrogens is 3. The number of hydrazone groups is 1. The maximum Gasteiger partial charge on any atom is 0.269 e. The van der Waals surface area contributed by atoms with Crippen LogP contribution in [0.15, 0.2) is 42.0 Å². The summed E-state index contributed by atoms with van der Waals surface area (Å²) in [5.74, 6) is -0.353. The molecule has 9 nitrogen and oxygen atoms in total. The van der Waals surface area contributed by atoms with Crippen LogP contribution < -0.4 is 5.43 Å². The van der Waals surface area contributed by atoms with E-state index < -0.39 is 4.92 Å². The largest absolute Gasteiger partial charge is 0.271 e. The number of rotatable bonds is 5. The van der Waals surface area contributed by atoms with Crippen molar-refractivity contribution in [1.29, 1.82) is 0 Å². The lowest BCUT2D eigenvalue weighted by atomic mass is 10.2. The highest BCUT2D eigenvalue weighted by Gasteiger charge is 2.03. The van der Waals surface area contributed by atoms with Crippen LogP contribution in [0.1, 0.15) is 5.56 Å². The Morgan fingerprint density at radius 2 is 2.20 bits per heavy atom. The average molecular weight is 274 g/mol. The second-order valence-electron chi connectivity index (χ2n) is 3.73. The summed E-state index contributed by atoms with van der Waals surface area (Å²) in [5.41, 5.74) is 2.95. The smallest absolute Gasteiger partial charge is 0.269 e. The van der Waals surface area contributed by atoms with Crippen molar-refractivity contribution in [3.8, 4) is 0 Å². The van der Waals surface area contributed by atoms with Crippen molar-refractivity contribution in [2.75, 3.05) is 0 Å². The molecule has 1 N–H and O–H groups in total. The summed E-state index contributed by atoms with van der Waals surface area (Å²) in [5, 5.41) is 18.0. The monoisotopic (exact) mass is 274 g/mol. The third-order valence-corrected chi connectivity index (χ3v) is 2.28. The van der Waals surface area contributed by atoms with E-state index in [4.69, 9.17) is 0 Å². The van der Waals surface area contributed by atoms with Gasteiger partial charge in [0.25, 0.3) is 11.6 Å². The van der Waals surface area contributed by atoms with Crippen molar-refractivity contribution in [2.45, 2.75) is 6.54 Å². The van der Waals surface area contributed by atoms with Crippen LogP contribution >= 0.6 is 0 Å². The molecule has 0 bridgehead atoms. The lowest BCUT2D eigenvalue weighted by molar-refractivity contribution is -0.384. The fraction of sp³-hybridized carbons (Fsp3) is 0.0909. The first-order valence-corrected chi connectivity index (χ1v) is 5.54. The van der Waals surface area contributed by atoms with Gasteiger partial charge in [0, 0.05) is 12.1 Å². The van der Waals surface area contributed by atoms with Crippen LogP contribution in [0.2, 0.25) is 0 Å². The number of nitrogens with one attached hydrogen (secondary N) is 1. The van der Waals surface area contributed by atoms with Gasteiger partial charge in [-0.05, 0) is 17.7 Å². The van der Waals surface area contributed by atoms with Gasteiger partial charge >= 0.3 is 0 Å². The second-order valence-corrected chi connectivity index (χ2v) is 3.73. The zero-order valence-corrected chi connectivity index (χ0v) is 10.2. The molecule has 0 unspecified atom stereocenters. The molecule has 0 saturated heterocycles. The SMILES string of the molecule is O=C(Cn1cncn1)NN=Cc1ccc([N+](=O)[O-])cc1. The normalized spacial score (nSPS) is 10.6. The van der Waals surface area contributed by atoms with Crippen molar-refractivity contribution >= 4 is 17.8 Å². The Kier molecular flexibility index (Phi) is 4.12. The van der Waals surface area contributed by atoms with E-state index in [0.717, 1.165) is 0 Å². The number of nitro benzene ring substituents is 1. The predicted octanol–water partition coefficient (Wildman–Crippen LogP) is 0.337. The molecule has 1 aromatic carbocycles. The molecule has 0 radical (unpaired) electrons. The number of hydrogen-bond donors (Lipinski definition) is 1. The minimum Gasteiger partial charge on any atom is -0.271 e. The van der Waals surface area contributed by atoms with Gasteiger partial charge in [0.05, 0.1) is 11.1 Å². The Bertz CT molecular complexity index is 620. The van der Waals surface area contributed by atoms with Gasteiger partial charge in [-0.2, -0.15) is 10.2 Å². The van der Waals surface area contributed by atoms with Crippen LogP contribution in [0, 0.1) is 10.1 Å². The number of carbonyl (C=O) groups excluding carboxylic acids is 1. The van der Waals surface area contributed by atoms with Gasteiger partial charge < -0.3 is 0 Å². The first-order valence-electron chi connectivity index (χ1n) is 5.54. The van der Waals surface area contributed by atoms with Gasteiger partial charge in [-0.25, -0.2) is 15.1 Å². The van der Waals surface area contributed by atoms with Crippen LogP contribution in [0.3, 0.4) is 0 Å². The van der Waals surface area contributed by atoms with E-state index in [1.165, 1.54) is 47.8 Å². The number of amides is 1. The first kappa shape index (κ1) is 13.3. The number of carbonyl (C=O) groups is 1. The lowest BCUT2D eigenvalue weighted by Gasteiger charge is -1.99. The summed E-state index contributed by atoms with van der Waals surface area (Å²) in [6, 6.07) is 5.79. The Morgan fingerprint density at radius 3 is 2.80 bits per heavy atom. The summed E-state index contributed by atoms with van der Waals surface area (Å²) >= 11 is 0. The maximum atomic E-state index is 11.4. The molecule has 0 aliphatic heterocycles. The zero-order valence-electron chi connectivity index (χ0n) is 10.2. The van der Waals surface area contributed by atoms with Gasteiger partial charge in [0.2, 0.25) is 0 Å². The summed E-state index contributed by atoms with van der Waals surface area (Å²) in [4.78, 5) is 25.1. The number of hydrogen-bond acceptors (Lipinski definition) is 6. The van der Waals surface area contributed by atoms with Crippen LogP contribution in [0.25, 0.3) is 0 Å². The highest BCUT2D eigenvalue weighted by molar-refractivity contribution is 5.82. The van der Waals surface area contributed by atoms with E-state index in [1.54, 1.807) is 0 Å². The summed E-state index contributed by atoms with van der Waals surface area (Å²) < 4.78 is 1.36. The van der Waals surface area contributed by atoms with Crippen LogP contribution in [0.5, 0.6) is 0 Å². The topological polar surface area (TPSA) is 115 Å². The van der Waals surface area contributed by atoms with Crippen LogP contribution in [-0.4, -0.2) is 31.8 Å². The fourth-order valence-electron chi connectivity index (χ4n) is 1.36. The van der Waals surface area contributed by atoms with Crippen LogP contribution in [-0.2, 0) is 11.3 Å². The molecule has 9 heteroatoms. The molecule has 102 valence electrons. The zero-order chi connectivity index (χ0) is 14.4. The quantitative estimate of drug-likeness (QED) is 0.479. The molecule has 0 aliphatic rings. The third kappa shape index (κ3) is 3.70. The summed E-state index contributed by atoms with van der Waals surface area (Å²) in [6.45, 7) is 0.0115. The van der Waals surface area contributed by atoms with Crippen molar-refractivity contribution in [1.82, 2.24) is 20.2 Å². The highest BCUT2D eigenvalue weighted by atomic mass is 16.6. The number of non-ortho nitro benzene ring substituents is 1. The maximum absolute atomic E-state index is 11.4. The highest BCUT2D eigenvalue weighted by Crippen LogP contribution is 2.10. The molecule has 0 saturated carbocycles. The second kappa shape index (κ2) is 6.18. The Labute approximate surface area is 113 Å². The van der Waals surface area contributed by atoms with Crippen molar-refractivity contribution in [3.63, 3.8) is 0 Å². The van der Waals surface area contributed by atoms with E-state index in [2.05, 4.69) is 20.6 Å². The molecular formula is C11H10N6O3. The predicted molar refractivity (Wildman–Crippen MR) is 68.9 cm³/mol. The van der Waals surface area contributed by atoms with Gasteiger partial charge in [-0.1, -0.05) is 0 Å². The average Bonchev–Trinajstić information content (AvgIpc) is 2.92. The van der Waals surface area contributed by atoms with Crippen LogP contribution in [0.4, 0.5) is 5.69 Å². The summed E-state index contributed by atoms with van der Waals surface area (Å²) in [6.07, 6.45) is 4.13. The van der Waals surface area contributed by atoms with Crippen molar-refractivity contribution in [3.05, 3.63) is 52.6 Å². The van der Waals surface area contributed by atoms with Gasteiger partial charge in [-0.3, -0.25) is 14.9 Å². The van der Waals surface area contributed by atoms with Crippen molar-refractivity contribution in [2.24, 2.45) is 5.10 Å². The first-order chi connectivity index (χ1) is 9.65. The van der Waals surface area contributed by atoms with Gasteiger partial charge in [-0.15, -0.1) is 0 Å². The van der Waals surface area contributed by atoms with E-state index in [1.807, 2.05) is 0 Å². The standard InChI is InChI=1S/C11H10N6O3/c18-11(6-16-8-12-7-14-16)15-13-5-9-1-3-10(4-2-9)17(19)20/h1-5,7-8H,6H2,(H,15,18). The molecule has 1 aromatic heterocycles. The molecule has 2 rings (SSSR count). The Morgan fingerprint density at radius 1 is 1.45 bits per heavy atom. The third-order valence-electron chi connectivity index (χ3n) is 2.28. The minimum atomic E-state index is -0.485. The van der Waals surface area contributed by atoms with E-state index in [0.29, 0.717) is 5.56 Å². The Hall–Kier alpha value is -3.10. The molecule has 0 atom stereocenters. The molecule has 1 amide bonds.